The van der Waals surface area contributed by atoms with Crippen molar-refractivity contribution in [2.45, 2.75) is 103 Å². The van der Waals surface area contributed by atoms with Crippen molar-refractivity contribution >= 4 is 57.4 Å². The first-order valence-corrected chi connectivity index (χ1v) is 14.3. The first-order valence-electron chi connectivity index (χ1n) is 12.7. The van der Waals surface area contributed by atoms with Gasteiger partial charge in [0.15, 0.2) is 10.2 Å². The fourth-order valence-electron chi connectivity index (χ4n) is 4.13. The lowest BCUT2D eigenvalue weighted by molar-refractivity contribution is -0.149. The Morgan fingerprint density at radius 3 is 2.03 bits per heavy atom. The minimum Gasteiger partial charge on any atom is -0.343 e. The van der Waals surface area contributed by atoms with Gasteiger partial charge in [0.1, 0.15) is 18.1 Å². The molecular formula is C25H42N4O6S2. The molecule has 10 nitrogen and oxygen atoms in total. The maximum atomic E-state index is 13.1. The zero-order valence-corrected chi connectivity index (χ0v) is 25.1. The number of thioether (sulfide) groups is 2. The highest BCUT2D eigenvalue weighted by Gasteiger charge is 2.47. The van der Waals surface area contributed by atoms with Crippen molar-refractivity contribution in [1.82, 2.24) is 20.4 Å². The predicted molar refractivity (Wildman–Crippen MR) is 147 cm³/mol. The van der Waals surface area contributed by atoms with E-state index in [2.05, 4.69) is 10.6 Å². The Hall–Kier alpha value is -2.08. The zero-order chi connectivity index (χ0) is 28.7. The molecule has 1 aliphatic rings. The van der Waals surface area contributed by atoms with Crippen LogP contribution in [0.15, 0.2) is 0 Å². The normalized spacial score (nSPS) is 19.2. The largest absolute Gasteiger partial charge is 0.343 e. The van der Waals surface area contributed by atoms with Gasteiger partial charge in [0.2, 0.25) is 23.6 Å². The van der Waals surface area contributed by atoms with E-state index in [1.165, 1.54) is 4.90 Å². The molecule has 0 bridgehead atoms. The molecule has 1 heterocycles. The van der Waals surface area contributed by atoms with Crippen LogP contribution in [0, 0.1) is 0 Å². The molecule has 0 aromatic heterocycles. The lowest BCUT2D eigenvalue weighted by Gasteiger charge is -2.42. The Labute approximate surface area is 228 Å². The monoisotopic (exact) mass is 558 g/mol. The van der Waals surface area contributed by atoms with Gasteiger partial charge in [-0.15, -0.1) is 0 Å². The minimum atomic E-state index is -1.02. The number of carbonyl (C=O) groups is 6. The highest BCUT2D eigenvalue weighted by Crippen LogP contribution is 2.35. The summed E-state index contributed by atoms with van der Waals surface area (Å²) in [5, 5.41) is 4.55. The van der Waals surface area contributed by atoms with E-state index in [0.717, 1.165) is 23.5 Å². The van der Waals surface area contributed by atoms with Crippen LogP contribution in [-0.2, 0) is 28.8 Å². The van der Waals surface area contributed by atoms with Crippen molar-refractivity contribution in [1.29, 1.82) is 0 Å². The van der Waals surface area contributed by atoms with Gasteiger partial charge < -0.3 is 20.4 Å². The fourth-order valence-corrected chi connectivity index (χ4v) is 6.36. The van der Waals surface area contributed by atoms with Crippen LogP contribution < -0.4 is 10.6 Å². The Bertz CT molecular complexity index is 904. The Morgan fingerprint density at radius 1 is 1.00 bits per heavy atom. The summed E-state index contributed by atoms with van der Waals surface area (Å²) < 4.78 is -2.01. The van der Waals surface area contributed by atoms with Crippen molar-refractivity contribution in [2.75, 3.05) is 19.6 Å². The summed E-state index contributed by atoms with van der Waals surface area (Å²) in [6, 6.07) is -2.46. The molecule has 3 unspecified atom stereocenters. The molecule has 3 atom stereocenters. The van der Waals surface area contributed by atoms with Crippen molar-refractivity contribution < 1.29 is 28.8 Å². The van der Waals surface area contributed by atoms with Crippen LogP contribution in [0.1, 0.15) is 75.2 Å². The zero-order valence-electron chi connectivity index (χ0n) is 23.4. The molecule has 12 heteroatoms. The Morgan fingerprint density at radius 2 is 1.54 bits per heavy atom. The molecule has 0 aliphatic carbocycles. The minimum absolute atomic E-state index is 0.186. The SMILES string of the molecule is CCC(=O)NC(C(=O)N(CC)CC)C(C)(C)SC(=O)CC(=O)SC(C)(C)C1NC(=O)C(C)N(CC)C1=O. The highest BCUT2D eigenvalue weighted by molar-refractivity contribution is 8.16. The number of hydrogen-bond acceptors (Lipinski definition) is 8. The van der Waals surface area contributed by atoms with Gasteiger partial charge in [-0.05, 0) is 55.4 Å². The van der Waals surface area contributed by atoms with E-state index >= 15 is 0 Å². The number of piperazine rings is 1. The summed E-state index contributed by atoms with van der Waals surface area (Å²) in [6.45, 7) is 16.8. The second-order valence-corrected chi connectivity index (χ2v) is 13.4. The second-order valence-electron chi connectivity index (χ2n) is 9.94. The van der Waals surface area contributed by atoms with Gasteiger partial charge in [0.25, 0.3) is 0 Å². The molecule has 0 aromatic rings. The maximum Gasteiger partial charge on any atom is 0.247 e. The van der Waals surface area contributed by atoms with E-state index in [1.54, 1.807) is 53.4 Å². The fraction of sp³-hybridized carbons (Fsp3) is 0.760. The molecule has 0 spiro atoms. The van der Waals surface area contributed by atoms with E-state index < -0.39 is 44.3 Å². The van der Waals surface area contributed by atoms with E-state index in [0.29, 0.717) is 19.6 Å². The van der Waals surface area contributed by atoms with Crippen LogP contribution in [-0.4, -0.2) is 90.9 Å². The summed E-state index contributed by atoms with van der Waals surface area (Å²) in [5.74, 6) is -1.17. The summed E-state index contributed by atoms with van der Waals surface area (Å²) >= 11 is 1.69. The molecule has 0 radical (unpaired) electrons. The van der Waals surface area contributed by atoms with Crippen molar-refractivity contribution in [2.24, 2.45) is 0 Å². The van der Waals surface area contributed by atoms with Crippen molar-refractivity contribution in [3.8, 4) is 0 Å². The third-order valence-corrected chi connectivity index (χ3v) is 8.65. The van der Waals surface area contributed by atoms with E-state index in [1.807, 2.05) is 13.8 Å². The summed E-state index contributed by atoms with van der Waals surface area (Å²) in [6.07, 6.45) is -0.246. The first kappa shape index (κ1) is 32.9. The van der Waals surface area contributed by atoms with Crippen LogP contribution in [0.4, 0.5) is 0 Å². The Kier molecular flexibility index (Phi) is 12.1. The van der Waals surface area contributed by atoms with Gasteiger partial charge in [-0.1, -0.05) is 30.4 Å². The lowest BCUT2D eigenvalue weighted by Crippen LogP contribution is -2.67. The van der Waals surface area contributed by atoms with E-state index in [-0.39, 0.29) is 30.0 Å². The molecule has 0 aromatic carbocycles. The van der Waals surface area contributed by atoms with Crippen LogP contribution >= 0.6 is 23.5 Å². The van der Waals surface area contributed by atoms with Crippen LogP contribution in [0.2, 0.25) is 0 Å². The lowest BCUT2D eigenvalue weighted by atomic mass is 9.97. The number of nitrogens with zero attached hydrogens (tertiary/aromatic N) is 2. The van der Waals surface area contributed by atoms with E-state index in [4.69, 9.17) is 0 Å². The number of likely N-dealkylation sites (N-methyl/N-ethyl adjacent to an activating group) is 2. The third-order valence-electron chi connectivity index (χ3n) is 6.39. The quantitative estimate of drug-likeness (QED) is 0.347. The molecule has 0 saturated carbocycles. The van der Waals surface area contributed by atoms with Crippen LogP contribution in [0.5, 0.6) is 0 Å². The molecule has 37 heavy (non-hydrogen) atoms. The van der Waals surface area contributed by atoms with Gasteiger partial charge in [-0.2, -0.15) is 0 Å². The van der Waals surface area contributed by atoms with Gasteiger partial charge >= 0.3 is 0 Å². The van der Waals surface area contributed by atoms with Crippen molar-refractivity contribution in [3.63, 3.8) is 0 Å². The van der Waals surface area contributed by atoms with E-state index in [9.17, 15) is 28.8 Å². The number of nitrogens with one attached hydrogen (secondary N) is 2. The molecule has 4 amide bonds. The van der Waals surface area contributed by atoms with Gasteiger partial charge in [0.05, 0.1) is 6.42 Å². The smallest absolute Gasteiger partial charge is 0.247 e. The molecule has 1 saturated heterocycles. The number of carbonyl (C=O) groups excluding carboxylic acids is 6. The third kappa shape index (κ3) is 8.46. The molecule has 210 valence electrons. The molecule has 1 rings (SSSR count). The number of hydrogen-bond donors (Lipinski definition) is 2. The highest BCUT2D eigenvalue weighted by atomic mass is 32.2. The first-order chi connectivity index (χ1) is 17.1. The predicted octanol–water partition coefficient (Wildman–Crippen LogP) is 1.95. The van der Waals surface area contributed by atoms with Crippen molar-refractivity contribution in [3.05, 3.63) is 0 Å². The van der Waals surface area contributed by atoms with Gasteiger partial charge in [-0.25, -0.2) is 0 Å². The second kappa shape index (κ2) is 13.6. The van der Waals surface area contributed by atoms with Gasteiger partial charge in [0, 0.05) is 35.5 Å². The summed E-state index contributed by atoms with van der Waals surface area (Å²) in [5.41, 5.74) is 0. The number of rotatable bonds is 12. The number of amides is 4. The summed E-state index contributed by atoms with van der Waals surface area (Å²) in [7, 11) is 0. The summed E-state index contributed by atoms with van der Waals surface area (Å²) in [4.78, 5) is 79.5. The average molecular weight is 559 g/mol. The average Bonchev–Trinajstić information content (AvgIpc) is 2.79. The molecular weight excluding hydrogens is 516 g/mol. The standard InChI is InChI=1S/C25H42N4O6S2/c1-10-16(30)26-19(22(34)28(11-2)12-3)24(6,7)36-17(31)14-18(32)37-25(8,9)20-23(35)29(13-4)15(5)21(33)27-20/h15,19-20H,10-14H2,1-9H3,(H,26,30)(H,27,33). The maximum absolute atomic E-state index is 13.1. The Balaban J connectivity index is 2.96. The molecule has 1 aliphatic heterocycles. The van der Waals surface area contributed by atoms with Crippen LogP contribution in [0.25, 0.3) is 0 Å². The van der Waals surface area contributed by atoms with Gasteiger partial charge in [-0.3, -0.25) is 28.8 Å². The molecule has 1 fully saturated rings. The van der Waals surface area contributed by atoms with Crippen LogP contribution in [0.3, 0.4) is 0 Å². The topological polar surface area (TPSA) is 133 Å². The molecule has 2 N–H and O–H groups in total.